The Morgan fingerprint density at radius 2 is 1.77 bits per heavy atom. The van der Waals surface area contributed by atoms with Crippen LogP contribution in [0.2, 0.25) is 0 Å². The van der Waals surface area contributed by atoms with Crippen molar-refractivity contribution in [3.63, 3.8) is 0 Å². The van der Waals surface area contributed by atoms with E-state index in [1.165, 1.54) is 16.7 Å². The van der Waals surface area contributed by atoms with Crippen LogP contribution in [0.1, 0.15) is 29.5 Å². The topological polar surface area (TPSA) is 38.8 Å². The van der Waals surface area contributed by atoms with Gasteiger partial charge in [0.05, 0.1) is 12.7 Å². The Hall–Kier alpha value is -2.33. The van der Waals surface area contributed by atoms with E-state index in [0.717, 1.165) is 31.7 Å². The van der Waals surface area contributed by atoms with Crippen molar-refractivity contribution in [2.45, 2.75) is 39.4 Å². The summed E-state index contributed by atoms with van der Waals surface area (Å²) in [5.41, 5.74) is 3.58. The second-order valence-electron chi connectivity index (χ2n) is 6.91. The lowest BCUT2D eigenvalue weighted by Crippen LogP contribution is -2.42. The summed E-state index contributed by atoms with van der Waals surface area (Å²) in [7, 11) is 0. The van der Waals surface area contributed by atoms with Gasteiger partial charge in [-0.1, -0.05) is 36.4 Å². The predicted molar refractivity (Wildman–Crippen MR) is 102 cm³/mol. The lowest BCUT2D eigenvalue weighted by atomic mass is 10.1. The zero-order valence-electron chi connectivity index (χ0n) is 15.6. The summed E-state index contributed by atoms with van der Waals surface area (Å²) < 4.78 is 11.6. The molecule has 138 valence electrons. The molecule has 2 aromatic carbocycles. The third-order valence-electron chi connectivity index (χ3n) is 4.96. The van der Waals surface area contributed by atoms with Crippen LogP contribution >= 0.6 is 0 Å². The van der Waals surface area contributed by atoms with Crippen LogP contribution in [-0.4, -0.2) is 36.6 Å². The van der Waals surface area contributed by atoms with Crippen molar-refractivity contribution in [1.82, 2.24) is 4.90 Å². The fraction of sp³-hybridized carbons (Fsp3) is 0.409. The minimum Gasteiger partial charge on any atom is -0.484 e. The van der Waals surface area contributed by atoms with Crippen molar-refractivity contribution in [1.29, 1.82) is 0 Å². The van der Waals surface area contributed by atoms with Crippen molar-refractivity contribution >= 4 is 5.91 Å². The first-order valence-electron chi connectivity index (χ1n) is 9.25. The number of aryl methyl sites for hydroxylation is 2. The number of likely N-dealkylation sites (tertiary alicyclic amines) is 1. The van der Waals surface area contributed by atoms with Gasteiger partial charge in [-0.15, -0.1) is 0 Å². The Balaban J connectivity index is 1.39. The van der Waals surface area contributed by atoms with E-state index in [2.05, 4.69) is 19.1 Å². The molecule has 1 fully saturated rings. The fourth-order valence-electron chi connectivity index (χ4n) is 3.10. The van der Waals surface area contributed by atoms with Crippen molar-refractivity contribution in [2.75, 3.05) is 19.7 Å². The Morgan fingerprint density at radius 1 is 1.04 bits per heavy atom. The maximum Gasteiger partial charge on any atom is 0.260 e. The van der Waals surface area contributed by atoms with Gasteiger partial charge < -0.3 is 14.4 Å². The van der Waals surface area contributed by atoms with Gasteiger partial charge in [0.1, 0.15) is 5.75 Å². The number of nitrogens with zero attached hydrogens (tertiary/aromatic N) is 1. The highest BCUT2D eigenvalue weighted by Gasteiger charge is 2.23. The zero-order chi connectivity index (χ0) is 18.4. The quantitative estimate of drug-likeness (QED) is 0.791. The molecule has 1 aliphatic rings. The minimum atomic E-state index is 0.0461. The first-order chi connectivity index (χ1) is 12.6. The van der Waals surface area contributed by atoms with Crippen LogP contribution in [0.4, 0.5) is 0 Å². The molecule has 0 radical (unpaired) electrons. The van der Waals surface area contributed by atoms with E-state index in [9.17, 15) is 4.79 Å². The fourth-order valence-corrected chi connectivity index (χ4v) is 3.10. The number of rotatable bonds is 6. The largest absolute Gasteiger partial charge is 0.484 e. The molecule has 0 aliphatic carbocycles. The van der Waals surface area contributed by atoms with Crippen LogP contribution < -0.4 is 4.74 Å². The molecule has 1 aliphatic heterocycles. The summed E-state index contributed by atoms with van der Waals surface area (Å²) >= 11 is 0. The van der Waals surface area contributed by atoms with Crippen LogP contribution in [0.25, 0.3) is 0 Å². The minimum absolute atomic E-state index is 0.0461. The number of carbonyl (C=O) groups excluding carboxylic acids is 1. The van der Waals surface area contributed by atoms with E-state index in [-0.39, 0.29) is 18.6 Å². The molecule has 0 aromatic heterocycles. The second kappa shape index (κ2) is 8.86. The Bertz CT molecular complexity index is 721. The molecule has 0 bridgehead atoms. The van der Waals surface area contributed by atoms with Crippen LogP contribution in [0.3, 0.4) is 0 Å². The Labute approximate surface area is 155 Å². The van der Waals surface area contributed by atoms with Crippen LogP contribution in [0.5, 0.6) is 5.75 Å². The molecule has 1 saturated heterocycles. The molecule has 0 unspecified atom stereocenters. The molecule has 1 heterocycles. The maximum absolute atomic E-state index is 12.4. The van der Waals surface area contributed by atoms with Gasteiger partial charge in [-0.25, -0.2) is 0 Å². The molecule has 4 nitrogen and oxygen atoms in total. The van der Waals surface area contributed by atoms with Gasteiger partial charge in [0.2, 0.25) is 0 Å². The van der Waals surface area contributed by atoms with Gasteiger partial charge in [-0.2, -0.15) is 0 Å². The summed E-state index contributed by atoms with van der Waals surface area (Å²) in [5.74, 6) is 0.798. The smallest absolute Gasteiger partial charge is 0.260 e. The van der Waals surface area contributed by atoms with Crippen molar-refractivity contribution < 1.29 is 14.3 Å². The van der Waals surface area contributed by atoms with E-state index in [4.69, 9.17) is 9.47 Å². The lowest BCUT2D eigenvalue weighted by molar-refractivity contribution is -0.136. The molecule has 4 heteroatoms. The molecule has 1 amide bonds. The number of hydrogen-bond acceptors (Lipinski definition) is 3. The third-order valence-corrected chi connectivity index (χ3v) is 4.96. The number of piperidine rings is 1. The molecule has 0 N–H and O–H groups in total. The van der Waals surface area contributed by atoms with E-state index in [0.29, 0.717) is 6.61 Å². The molecule has 0 atom stereocenters. The highest BCUT2D eigenvalue weighted by atomic mass is 16.5. The highest BCUT2D eigenvalue weighted by Crippen LogP contribution is 2.18. The summed E-state index contributed by atoms with van der Waals surface area (Å²) in [6.07, 6.45) is 1.98. The van der Waals surface area contributed by atoms with Crippen molar-refractivity contribution in [2.24, 2.45) is 0 Å². The van der Waals surface area contributed by atoms with Crippen LogP contribution in [0.15, 0.2) is 48.5 Å². The second-order valence-corrected chi connectivity index (χ2v) is 6.91. The molecule has 3 rings (SSSR count). The number of amides is 1. The van der Waals surface area contributed by atoms with Gasteiger partial charge in [0.25, 0.3) is 5.91 Å². The predicted octanol–water partition coefficient (Wildman–Crippen LogP) is 3.89. The van der Waals surface area contributed by atoms with Gasteiger partial charge >= 0.3 is 0 Å². The first kappa shape index (κ1) is 18.5. The van der Waals surface area contributed by atoms with Crippen molar-refractivity contribution in [3.05, 3.63) is 65.2 Å². The first-order valence-corrected chi connectivity index (χ1v) is 9.25. The van der Waals surface area contributed by atoms with Crippen LogP contribution in [0, 0.1) is 13.8 Å². The average Bonchev–Trinajstić information content (AvgIpc) is 2.68. The maximum atomic E-state index is 12.4. The molecule has 0 spiro atoms. The van der Waals surface area contributed by atoms with E-state index in [1.807, 2.05) is 48.2 Å². The Morgan fingerprint density at radius 3 is 2.46 bits per heavy atom. The standard InChI is InChI=1S/C22H27NO3/c1-17-8-9-21(14-18(17)2)26-16-22(24)23-12-10-20(11-13-23)25-15-19-6-4-3-5-7-19/h3-9,14,20H,10-13,15-16H2,1-2H3. The normalized spacial score (nSPS) is 15.1. The highest BCUT2D eigenvalue weighted by molar-refractivity contribution is 5.77. The zero-order valence-corrected chi connectivity index (χ0v) is 15.6. The number of hydrogen-bond donors (Lipinski definition) is 0. The van der Waals surface area contributed by atoms with Gasteiger partial charge in [0.15, 0.2) is 6.61 Å². The Kier molecular flexibility index (Phi) is 6.29. The molecule has 2 aromatic rings. The lowest BCUT2D eigenvalue weighted by Gasteiger charge is -2.32. The molecule has 26 heavy (non-hydrogen) atoms. The van der Waals surface area contributed by atoms with E-state index in [1.54, 1.807) is 0 Å². The number of carbonyl (C=O) groups is 1. The third kappa shape index (κ3) is 5.09. The monoisotopic (exact) mass is 353 g/mol. The summed E-state index contributed by atoms with van der Waals surface area (Å²) in [5, 5.41) is 0. The number of ether oxygens (including phenoxy) is 2. The molecule has 0 saturated carbocycles. The van der Waals surface area contributed by atoms with Crippen molar-refractivity contribution in [3.8, 4) is 5.75 Å². The average molecular weight is 353 g/mol. The van der Waals surface area contributed by atoms with Crippen LogP contribution in [-0.2, 0) is 16.1 Å². The van der Waals surface area contributed by atoms with Gasteiger partial charge in [0, 0.05) is 13.1 Å². The summed E-state index contributed by atoms with van der Waals surface area (Å²) in [4.78, 5) is 14.2. The SMILES string of the molecule is Cc1ccc(OCC(=O)N2CCC(OCc3ccccc3)CC2)cc1C. The van der Waals surface area contributed by atoms with E-state index >= 15 is 0 Å². The van der Waals surface area contributed by atoms with Gasteiger partial charge in [-0.3, -0.25) is 4.79 Å². The van der Waals surface area contributed by atoms with Gasteiger partial charge in [-0.05, 0) is 55.5 Å². The molecular formula is C22H27NO3. The number of benzene rings is 2. The molecular weight excluding hydrogens is 326 g/mol. The summed E-state index contributed by atoms with van der Waals surface area (Å²) in [6.45, 7) is 6.30. The summed E-state index contributed by atoms with van der Waals surface area (Å²) in [6, 6.07) is 16.1. The van der Waals surface area contributed by atoms with E-state index < -0.39 is 0 Å².